The summed E-state index contributed by atoms with van der Waals surface area (Å²) in [5.41, 5.74) is 4.64. The summed E-state index contributed by atoms with van der Waals surface area (Å²) in [6.45, 7) is 2.11. The van der Waals surface area contributed by atoms with Crippen molar-refractivity contribution in [3.05, 3.63) is 59.7 Å². The van der Waals surface area contributed by atoms with Crippen molar-refractivity contribution in [2.45, 2.75) is 50.4 Å². The lowest BCUT2D eigenvalue weighted by atomic mass is 9.98. The zero-order chi connectivity index (χ0) is 23.4. The first kappa shape index (κ1) is 22.8. The predicted molar refractivity (Wildman–Crippen MR) is 121 cm³/mol. The Bertz CT molecular complexity index is 994. The van der Waals surface area contributed by atoms with Gasteiger partial charge in [0.05, 0.1) is 12.5 Å². The Balaban J connectivity index is 1.23. The van der Waals surface area contributed by atoms with Gasteiger partial charge in [-0.3, -0.25) is 9.59 Å². The Morgan fingerprint density at radius 2 is 1.70 bits per heavy atom. The van der Waals surface area contributed by atoms with Gasteiger partial charge in [-0.05, 0) is 42.0 Å². The molecule has 1 aliphatic heterocycles. The number of carbonyl (C=O) groups is 3. The Morgan fingerprint density at radius 3 is 2.33 bits per heavy atom. The Morgan fingerprint density at radius 1 is 1.06 bits per heavy atom. The molecule has 2 aromatic carbocycles. The average molecular weight is 453 g/mol. The highest BCUT2D eigenvalue weighted by Crippen LogP contribution is 2.44. The van der Waals surface area contributed by atoms with E-state index in [0.29, 0.717) is 12.8 Å². The molecule has 3 N–H and O–H groups in total. The molecule has 1 fully saturated rings. The SMILES string of the molecule is CC(CC(=O)O)NC(=O)C1CCC(CNC(=O)OCC2c3ccccc3-c3ccccc32)O1. The van der Waals surface area contributed by atoms with Crippen LogP contribution in [0.25, 0.3) is 11.1 Å². The number of amides is 2. The van der Waals surface area contributed by atoms with E-state index in [1.54, 1.807) is 6.92 Å². The third kappa shape index (κ3) is 5.34. The molecule has 0 spiro atoms. The summed E-state index contributed by atoms with van der Waals surface area (Å²) < 4.78 is 11.2. The summed E-state index contributed by atoms with van der Waals surface area (Å²) in [7, 11) is 0. The van der Waals surface area contributed by atoms with Gasteiger partial charge in [0.15, 0.2) is 0 Å². The van der Waals surface area contributed by atoms with E-state index in [2.05, 4.69) is 34.9 Å². The molecule has 1 aliphatic carbocycles. The molecule has 2 aromatic rings. The van der Waals surface area contributed by atoms with Crippen LogP contribution in [-0.2, 0) is 19.1 Å². The minimum Gasteiger partial charge on any atom is -0.481 e. The summed E-state index contributed by atoms with van der Waals surface area (Å²) in [6, 6.07) is 15.8. The molecule has 1 saturated heterocycles. The van der Waals surface area contributed by atoms with E-state index in [-0.39, 0.29) is 37.5 Å². The van der Waals surface area contributed by atoms with E-state index in [1.807, 2.05) is 24.3 Å². The lowest BCUT2D eigenvalue weighted by molar-refractivity contribution is -0.138. The fourth-order valence-corrected chi connectivity index (χ4v) is 4.54. The number of carboxylic acid groups (broad SMARTS) is 1. The number of fused-ring (bicyclic) bond motifs is 3. The molecule has 2 amide bonds. The van der Waals surface area contributed by atoms with E-state index in [4.69, 9.17) is 14.6 Å². The largest absolute Gasteiger partial charge is 0.481 e. The van der Waals surface area contributed by atoms with Crippen LogP contribution in [0.5, 0.6) is 0 Å². The number of benzene rings is 2. The van der Waals surface area contributed by atoms with Gasteiger partial charge in [0.25, 0.3) is 0 Å². The highest BCUT2D eigenvalue weighted by atomic mass is 16.5. The molecule has 1 heterocycles. The zero-order valence-electron chi connectivity index (χ0n) is 18.5. The van der Waals surface area contributed by atoms with E-state index in [9.17, 15) is 14.4 Å². The molecule has 0 aromatic heterocycles. The maximum atomic E-state index is 12.3. The number of carbonyl (C=O) groups excluding carboxylic acids is 2. The van der Waals surface area contributed by atoms with E-state index < -0.39 is 24.2 Å². The van der Waals surface area contributed by atoms with Crippen molar-refractivity contribution < 1.29 is 29.0 Å². The Hall–Kier alpha value is -3.39. The lowest BCUT2D eigenvalue weighted by Crippen LogP contribution is -2.41. The van der Waals surface area contributed by atoms with Crippen LogP contribution in [-0.4, -0.2) is 54.5 Å². The number of hydrogen-bond donors (Lipinski definition) is 3. The molecule has 33 heavy (non-hydrogen) atoms. The number of ether oxygens (including phenoxy) is 2. The van der Waals surface area contributed by atoms with Crippen molar-refractivity contribution in [1.82, 2.24) is 10.6 Å². The third-order valence-electron chi connectivity index (χ3n) is 6.09. The second-order valence-corrected chi connectivity index (χ2v) is 8.54. The molecule has 174 valence electrons. The Labute approximate surface area is 192 Å². The third-order valence-corrected chi connectivity index (χ3v) is 6.09. The van der Waals surface area contributed by atoms with Gasteiger partial charge < -0.3 is 25.2 Å². The molecule has 8 nitrogen and oxygen atoms in total. The standard InChI is InChI=1S/C25H28N2O6/c1-15(12-23(28)29)27-24(30)22-11-10-16(33-22)13-26-25(31)32-14-21-19-8-4-2-6-17(19)18-7-3-5-9-20(18)21/h2-9,15-16,21-22H,10-14H2,1H3,(H,26,31)(H,27,30)(H,28,29). The molecule has 3 unspecified atom stereocenters. The van der Waals surface area contributed by atoms with Gasteiger partial charge >= 0.3 is 12.1 Å². The van der Waals surface area contributed by atoms with Crippen LogP contribution in [0.4, 0.5) is 4.79 Å². The lowest BCUT2D eigenvalue weighted by Gasteiger charge is -2.18. The number of aliphatic carboxylic acids is 1. The number of nitrogens with one attached hydrogen (secondary N) is 2. The van der Waals surface area contributed by atoms with Gasteiger partial charge in [-0.25, -0.2) is 4.79 Å². The summed E-state index contributed by atoms with van der Waals surface area (Å²) >= 11 is 0. The van der Waals surface area contributed by atoms with Crippen LogP contribution in [0, 0.1) is 0 Å². The molecular weight excluding hydrogens is 424 g/mol. The van der Waals surface area contributed by atoms with Gasteiger partial charge in [0, 0.05) is 18.5 Å². The smallest absolute Gasteiger partial charge is 0.407 e. The van der Waals surface area contributed by atoms with E-state index in [0.717, 1.165) is 11.1 Å². The summed E-state index contributed by atoms with van der Waals surface area (Å²) in [6.07, 6.45) is -0.474. The van der Waals surface area contributed by atoms with Crippen molar-refractivity contribution in [1.29, 1.82) is 0 Å². The first-order valence-corrected chi connectivity index (χ1v) is 11.2. The van der Waals surface area contributed by atoms with Gasteiger partial charge in [-0.15, -0.1) is 0 Å². The number of alkyl carbamates (subject to hydrolysis) is 1. The number of hydrogen-bond acceptors (Lipinski definition) is 5. The molecule has 2 aliphatic rings. The highest BCUT2D eigenvalue weighted by molar-refractivity contribution is 5.82. The normalized spacial score (nSPS) is 19.9. The fraction of sp³-hybridized carbons (Fsp3) is 0.400. The summed E-state index contributed by atoms with van der Waals surface area (Å²) in [5.74, 6) is -1.31. The molecule has 0 radical (unpaired) electrons. The van der Waals surface area contributed by atoms with E-state index >= 15 is 0 Å². The zero-order valence-corrected chi connectivity index (χ0v) is 18.5. The first-order chi connectivity index (χ1) is 15.9. The molecule has 0 saturated carbocycles. The van der Waals surface area contributed by atoms with Crippen molar-refractivity contribution in [3.63, 3.8) is 0 Å². The highest BCUT2D eigenvalue weighted by Gasteiger charge is 2.32. The van der Waals surface area contributed by atoms with Crippen LogP contribution in [0.3, 0.4) is 0 Å². The monoisotopic (exact) mass is 452 g/mol. The van der Waals surface area contributed by atoms with Gasteiger partial charge in [-0.2, -0.15) is 0 Å². The predicted octanol–water partition coefficient (Wildman–Crippen LogP) is 3.05. The van der Waals surface area contributed by atoms with Crippen LogP contribution in [0.15, 0.2) is 48.5 Å². The molecule has 8 heteroatoms. The van der Waals surface area contributed by atoms with Crippen LogP contribution in [0.1, 0.15) is 43.2 Å². The van der Waals surface area contributed by atoms with Crippen LogP contribution < -0.4 is 10.6 Å². The molecular formula is C25H28N2O6. The minimum absolute atomic E-state index is 0.00764. The van der Waals surface area contributed by atoms with Crippen molar-refractivity contribution in [2.24, 2.45) is 0 Å². The van der Waals surface area contributed by atoms with Gasteiger partial charge in [0.2, 0.25) is 5.91 Å². The summed E-state index contributed by atoms with van der Waals surface area (Å²) in [5, 5.41) is 14.2. The van der Waals surface area contributed by atoms with Crippen LogP contribution >= 0.6 is 0 Å². The number of rotatable bonds is 8. The number of carboxylic acids is 1. The minimum atomic E-state index is -0.972. The fourth-order valence-electron chi connectivity index (χ4n) is 4.54. The van der Waals surface area contributed by atoms with Gasteiger partial charge in [-0.1, -0.05) is 48.5 Å². The molecule has 3 atom stereocenters. The maximum Gasteiger partial charge on any atom is 0.407 e. The topological polar surface area (TPSA) is 114 Å². The average Bonchev–Trinajstić information content (AvgIpc) is 3.39. The van der Waals surface area contributed by atoms with Crippen molar-refractivity contribution >= 4 is 18.0 Å². The second-order valence-electron chi connectivity index (χ2n) is 8.54. The Kier molecular flexibility index (Phi) is 6.93. The first-order valence-electron chi connectivity index (χ1n) is 11.2. The van der Waals surface area contributed by atoms with E-state index in [1.165, 1.54) is 11.1 Å². The summed E-state index contributed by atoms with van der Waals surface area (Å²) in [4.78, 5) is 35.3. The molecule has 0 bridgehead atoms. The quantitative estimate of drug-likeness (QED) is 0.567. The van der Waals surface area contributed by atoms with Crippen molar-refractivity contribution in [3.8, 4) is 11.1 Å². The second kappa shape index (κ2) is 10.0. The van der Waals surface area contributed by atoms with Crippen molar-refractivity contribution in [2.75, 3.05) is 13.2 Å². The molecule has 4 rings (SSSR count). The maximum absolute atomic E-state index is 12.3. The van der Waals surface area contributed by atoms with Gasteiger partial charge in [0.1, 0.15) is 12.7 Å². The van der Waals surface area contributed by atoms with Crippen LogP contribution in [0.2, 0.25) is 0 Å².